The van der Waals surface area contributed by atoms with Crippen molar-refractivity contribution in [3.05, 3.63) is 65.7 Å². The van der Waals surface area contributed by atoms with Gasteiger partial charge in [-0.15, -0.1) is 0 Å². The van der Waals surface area contributed by atoms with E-state index in [9.17, 15) is 9.18 Å². The van der Waals surface area contributed by atoms with Gasteiger partial charge in [-0.05, 0) is 42.7 Å². The van der Waals surface area contributed by atoms with E-state index in [1.165, 1.54) is 12.1 Å². The molecule has 0 N–H and O–H groups in total. The maximum absolute atomic E-state index is 13.5. The normalized spacial score (nSPS) is 19.1. The molecule has 2 aliphatic rings. The summed E-state index contributed by atoms with van der Waals surface area (Å²) >= 11 is 0. The second kappa shape index (κ2) is 7.86. The molecule has 0 spiro atoms. The molecule has 1 aliphatic carbocycles. The number of carbonyl (C=O) groups excluding carboxylic acids is 1. The highest BCUT2D eigenvalue weighted by Crippen LogP contribution is 2.29. The number of hydrogen-bond donors (Lipinski definition) is 0. The molecular formula is C21H22FN3O2. The molecule has 5 nitrogen and oxygen atoms in total. The monoisotopic (exact) mass is 367 g/mol. The molecular weight excluding hydrogens is 345 g/mol. The predicted octanol–water partition coefficient (Wildman–Crippen LogP) is 3.54. The van der Waals surface area contributed by atoms with E-state index in [4.69, 9.17) is 4.84 Å². The van der Waals surface area contributed by atoms with Gasteiger partial charge in [0.25, 0.3) is 0 Å². The van der Waals surface area contributed by atoms with E-state index in [2.05, 4.69) is 10.1 Å². The highest BCUT2D eigenvalue weighted by atomic mass is 19.1. The second-order valence-corrected chi connectivity index (χ2v) is 7.19. The Morgan fingerprint density at radius 1 is 1.26 bits per heavy atom. The molecule has 0 radical (unpaired) electrons. The van der Waals surface area contributed by atoms with Gasteiger partial charge in [0.15, 0.2) is 6.10 Å². The molecule has 2 heterocycles. The summed E-state index contributed by atoms with van der Waals surface area (Å²) in [4.78, 5) is 24.4. The van der Waals surface area contributed by atoms with Crippen LogP contribution in [0.4, 0.5) is 4.39 Å². The van der Waals surface area contributed by atoms with Crippen LogP contribution in [0.2, 0.25) is 0 Å². The highest BCUT2D eigenvalue weighted by Gasteiger charge is 2.33. The molecule has 1 fully saturated rings. The van der Waals surface area contributed by atoms with E-state index in [0.29, 0.717) is 19.5 Å². The number of amides is 1. The molecule has 1 unspecified atom stereocenters. The Morgan fingerprint density at radius 3 is 2.85 bits per heavy atom. The molecule has 27 heavy (non-hydrogen) atoms. The Labute approximate surface area is 157 Å². The Morgan fingerprint density at radius 2 is 2.15 bits per heavy atom. The first-order chi connectivity index (χ1) is 13.2. The fourth-order valence-electron chi connectivity index (χ4n) is 3.48. The van der Waals surface area contributed by atoms with Crippen molar-refractivity contribution in [1.82, 2.24) is 9.88 Å². The Balaban J connectivity index is 1.44. The Kier molecular flexibility index (Phi) is 5.14. The maximum atomic E-state index is 13.5. The van der Waals surface area contributed by atoms with Crippen molar-refractivity contribution in [2.45, 2.75) is 38.3 Å². The number of rotatable bonds is 6. The van der Waals surface area contributed by atoms with Crippen molar-refractivity contribution in [3.63, 3.8) is 0 Å². The van der Waals surface area contributed by atoms with Gasteiger partial charge in [0.2, 0.25) is 5.91 Å². The SMILES string of the molecule is O=C(C1CCC1)N(Cc1cccc(F)c1)CC1CC(c2cccnc2)=NO1. The lowest BCUT2D eigenvalue weighted by Gasteiger charge is -2.32. The molecule has 1 aromatic heterocycles. The first kappa shape index (κ1) is 17.6. The minimum absolute atomic E-state index is 0.0821. The minimum Gasteiger partial charge on any atom is -0.390 e. The molecule has 4 rings (SSSR count). The van der Waals surface area contributed by atoms with Crippen molar-refractivity contribution in [3.8, 4) is 0 Å². The van der Waals surface area contributed by atoms with Gasteiger partial charge in [0.05, 0.1) is 12.3 Å². The second-order valence-electron chi connectivity index (χ2n) is 7.19. The van der Waals surface area contributed by atoms with Crippen LogP contribution in [0.1, 0.15) is 36.8 Å². The average molecular weight is 367 g/mol. The number of carbonyl (C=O) groups is 1. The van der Waals surface area contributed by atoms with Crippen molar-refractivity contribution in [1.29, 1.82) is 0 Å². The molecule has 1 atom stereocenters. The van der Waals surface area contributed by atoms with Crippen LogP contribution in [0.3, 0.4) is 0 Å². The van der Waals surface area contributed by atoms with Gasteiger partial charge < -0.3 is 9.74 Å². The molecule has 1 aromatic carbocycles. The summed E-state index contributed by atoms with van der Waals surface area (Å²) in [7, 11) is 0. The summed E-state index contributed by atoms with van der Waals surface area (Å²) in [6.45, 7) is 0.828. The van der Waals surface area contributed by atoms with Crippen LogP contribution >= 0.6 is 0 Å². The third-order valence-electron chi connectivity index (χ3n) is 5.18. The third kappa shape index (κ3) is 4.15. The van der Waals surface area contributed by atoms with Crippen molar-refractivity contribution in [2.24, 2.45) is 11.1 Å². The number of pyridine rings is 1. The van der Waals surface area contributed by atoms with E-state index in [0.717, 1.165) is 36.1 Å². The van der Waals surface area contributed by atoms with Crippen LogP contribution in [-0.4, -0.2) is 34.2 Å². The summed E-state index contributed by atoms with van der Waals surface area (Å²) in [6, 6.07) is 10.2. The van der Waals surface area contributed by atoms with Gasteiger partial charge in [-0.3, -0.25) is 9.78 Å². The average Bonchev–Trinajstić information content (AvgIpc) is 3.09. The molecule has 0 bridgehead atoms. The first-order valence-electron chi connectivity index (χ1n) is 9.35. The summed E-state index contributed by atoms with van der Waals surface area (Å²) < 4.78 is 13.5. The summed E-state index contributed by atoms with van der Waals surface area (Å²) in [5.41, 5.74) is 2.56. The van der Waals surface area contributed by atoms with E-state index in [-0.39, 0.29) is 23.7 Å². The molecule has 1 amide bonds. The standard InChI is InChI=1S/C21H22FN3O2/c22-18-8-1-4-15(10-18)13-25(21(26)16-5-2-6-16)14-19-11-20(24-27-19)17-7-3-9-23-12-17/h1,3-4,7-10,12,16,19H,2,5-6,11,13-14H2. The smallest absolute Gasteiger partial charge is 0.226 e. The fourth-order valence-corrected chi connectivity index (χ4v) is 3.48. The van der Waals surface area contributed by atoms with E-state index in [1.54, 1.807) is 23.4 Å². The minimum atomic E-state index is -0.289. The molecule has 1 aliphatic heterocycles. The molecule has 1 saturated carbocycles. The van der Waals surface area contributed by atoms with Crippen molar-refractivity contribution >= 4 is 11.6 Å². The summed E-state index contributed by atoms with van der Waals surface area (Å²) in [5.74, 6) is -0.0783. The lowest BCUT2D eigenvalue weighted by Crippen LogP contribution is -2.42. The Hall–Kier alpha value is -2.76. The highest BCUT2D eigenvalue weighted by molar-refractivity contribution is 6.01. The van der Waals surface area contributed by atoms with Gasteiger partial charge in [-0.2, -0.15) is 0 Å². The summed E-state index contributed by atoms with van der Waals surface area (Å²) in [6.07, 6.45) is 6.87. The number of hydrogen-bond acceptors (Lipinski definition) is 4. The third-order valence-corrected chi connectivity index (χ3v) is 5.18. The lowest BCUT2D eigenvalue weighted by molar-refractivity contribution is -0.140. The van der Waals surface area contributed by atoms with Crippen molar-refractivity contribution in [2.75, 3.05) is 6.54 Å². The van der Waals surface area contributed by atoms with Crippen LogP contribution in [-0.2, 0) is 16.2 Å². The van der Waals surface area contributed by atoms with Crippen LogP contribution < -0.4 is 0 Å². The molecule has 6 heteroatoms. The van der Waals surface area contributed by atoms with E-state index >= 15 is 0 Å². The fraction of sp³-hybridized carbons (Fsp3) is 0.381. The number of nitrogens with zero attached hydrogens (tertiary/aromatic N) is 3. The zero-order valence-electron chi connectivity index (χ0n) is 15.1. The van der Waals surface area contributed by atoms with Crippen LogP contribution in [0.15, 0.2) is 53.9 Å². The first-order valence-corrected chi connectivity index (χ1v) is 9.35. The maximum Gasteiger partial charge on any atom is 0.226 e. The van der Waals surface area contributed by atoms with Crippen LogP contribution in [0.25, 0.3) is 0 Å². The topological polar surface area (TPSA) is 54.8 Å². The molecule has 0 saturated heterocycles. The van der Waals surface area contributed by atoms with Gasteiger partial charge in [0.1, 0.15) is 5.82 Å². The lowest BCUT2D eigenvalue weighted by atomic mass is 9.84. The zero-order chi connectivity index (χ0) is 18.6. The predicted molar refractivity (Wildman–Crippen MR) is 99.4 cm³/mol. The zero-order valence-corrected chi connectivity index (χ0v) is 15.1. The van der Waals surface area contributed by atoms with E-state index < -0.39 is 0 Å². The van der Waals surface area contributed by atoms with Gasteiger partial charge in [-0.1, -0.05) is 23.7 Å². The van der Waals surface area contributed by atoms with Crippen LogP contribution in [0.5, 0.6) is 0 Å². The largest absolute Gasteiger partial charge is 0.390 e. The number of halogens is 1. The number of oxime groups is 1. The van der Waals surface area contributed by atoms with Crippen molar-refractivity contribution < 1.29 is 14.0 Å². The van der Waals surface area contributed by atoms with Gasteiger partial charge >= 0.3 is 0 Å². The number of aromatic nitrogens is 1. The quantitative estimate of drug-likeness (QED) is 0.785. The number of benzene rings is 1. The molecule has 2 aromatic rings. The summed E-state index contributed by atoms with van der Waals surface area (Å²) in [5, 5.41) is 4.18. The van der Waals surface area contributed by atoms with Gasteiger partial charge in [-0.25, -0.2) is 4.39 Å². The van der Waals surface area contributed by atoms with Crippen LogP contribution in [0, 0.1) is 11.7 Å². The molecule has 140 valence electrons. The Bertz CT molecular complexity index is 836. The van der Waals surface area contributed by atoms with E-state index in [1.807, 2.05) is 18.2 Å². The van der Waals surface area contributed by atoms with Gasteiger partial charge in [0, 0.05) is 36.8 Å².